The number of rotatable bonds is 5. The van der Waals surface area contributed by atoms with Crippen LogP contribution in [0.4, 0.5) is 24.5 Å². The molecule has 0 fully saturated rings. The number of amides is 1. The molecular formula is C22H18F3N3O3. The van der Waals surface area contributed by atoms with Crippen LogP contribution in [0.25, 0.3) is 0 Å². The van der Waals surface area contributed by atoms with Crippen LogP contribution in [0.5, 0.6) is 11.5 Å². The van der Waals surface area contributed by atoms with Gasteiger partial charge in [-0.2, -0.15) is 13.2 Å². The minimum absolute atomic E-state index is 0.219. The summed E-state index contributed by atoms with van der Waals surface area (Å²) in [6.45, 7) is 2.09. The zero-order chi connectivity index (χ0) is 22.0. The van der Waals surface area contributed by atoms with E-state index in [4.69, 9.17) is 0 Å². The fraction of sp³-hybridized carbons (Fsp3) is 0.182. The van der Waals surface area contributed by atoms with Crippen molar-refractivity contribution in [3.8, 4) is 11.5 Å². The number of ether oxygens (including phenoxy) is 2. The van der Waals surface area contributed by atoms with E-state index in [-0.39, 0.29) is 17.2 Å². The maximum atomic E-state index is 13.5. The lowest BCUT2D eigenvalue weighted by atomic mass is 10.1. The van der Waals surface area contributed by atoms with Gasteiger partial charge in [0.05, 0.1) is 5.56 Å². The molecule has 3 aromatic rings. The van der Waals surface area contributed by atoms with Crippen molar-refractivity contribution in [1.82, 2.24) is 4.98 Å². The van der Waals surface area contributed by atoms with Gasteiger partial charge in [0.15, 0.2) is 11.5 Å². The Morgan fingerprint density at radius 3 is 2.61 bits per heavy atom. The highest BCUT2D eigenvalue weighted by atomic mass is 19.3. The summed E-state index contributed by atoms with van der Waals surface area (Å²) in [7, 11) is 0. The molecule has 1 amide bonds. The molecule has 2 heterocycles. The number of nitrogens with one attached hydrogen (secondary N) is 2. The Balaban J connectivity index is 1.53. The highest BCUT2D eigenvalue weighted by Gasteiger charge is 2.49. The smallest absolute Gasteiger partial charge is 0.447 e. The van der Waals surface area contributed by atoms with Crippen LogP contribution in [0.15, 0.2) is 60.9 Å². The quantitative estimate of drug-likeness (QED) is 0.603. The molecule has 1 aromatic heterocycles. The average Bonchev–Trinajstić information content (AvgIpc) is 2.75. The van der Waals surface area contributed by atoms with E-state index in [0.29, 0.717) is 23.4 Å². The van der Waals surface area contributed by atoms with Crippen LogP contribution in [0, 0.1) is 6.92 Å². The van der Waals surface area contributed by atoms with E-state index < -0.39 is 18.4 Å². The Labute approximate surface area is 176 Å². The lowest BCUT2D eigenvalue weighted by molar-refractivity contribution is -0.281. The normalized spacial score (nSPS) is 16.5. The first-order valence-electron chi connectivity index (χ1n) is 9.39. The summed E-state index contributed by atoms with van der Waals surface area (Å²) in [5.74, 6) is -0.947. The van der Waals surface area contributed by atoms with E-state index >= 15 is 0 Å². The minimum Gasteiger partial charge on any atom is -0.447 e. The summed E-state index contributed by atoms with van der Waals surface area (Å²) in [6.07, 6.45) is -3.66. The Hall–Kier alpha value is -3.75. The lowest BCUT2D eigenvalue weighted by Crippen LogP contribution is -2.43. The molecule has 6 nitrogen and oxygen atoms in total. The predicted octanol–water partition coefficient (Wildman–Crippen LogP) is 4.91. The van der Waals surface area contributed by atoms with Gasteiger partial charge in [0.25, 0.3) is 5.91 Å². The first-order chi connectivity index (χ1) is 14.8. The average molecular weight is 429 g/mol. The van der Waals surface area contributed by atoms with Gasteiger partial charge in [-0.15, -0.1) is 0 Å². The highest BCUT2D eigenvalue weighted by Crippen LogP contribution is 2.43. The van der Waals surface area contributed by atoms with Crippen LogP contribution >= 0.6 is 0 Å². The van der Waals surface area contributed by atoms with Crippen LogP contribution in [-0.2, 0) is 6.54 Å². The van der Waals surface area contributed by atoms with E-state index in [2.05, 4.69) is 25.1 Å². The molecule has 4 rings (SSSR count). The van der Waals surface area contributed by atoms with Crippen LogP contribution in [0.2, 0.25) is 0 Å². The summed E-state index contributed by atoms with van der Waals surface area (Å²) in [5.41, 5.74) is 2.71. The van der Waals surface area contributed by atoms with E-state index in [1.807, 2.05) is 12.1 Å². The van der Waals surface area contributed by atoms with Gasteiger partial charge in [-0.05, 0) is 48.4 Å². The number of hydrogen-bond donors (Lipinski definition) is 2. The van der Waals surface area contributed by atoms with E-state index in [9.17, 15) is 18.0 Å². The molecule has 0 aliphatic carbocycles. The number of nitrogens with zero attached hydrogens (tertiary/aromatic N) is 1. The summed E-state index contributed by atoms with van der Waals surface area (Å²) >= 11 is 0. The first kappa shape index (κ1) is 20.5. The molecule has 1 aliphatic heterocycles. The number of fused-ring (bicyclic) bond motifs is 1. The third-order valence-electron chi connectivity index (χ3n) is 4.68. The van der Waals surface area contributed by atoms with Gasteiger partial charge in [0, 0.05) is 36.4 Å². The second-order valence-electron chi connectivity index (χ2n) is 6.92. The van der Waals surface area contributed by atoms with Gasteiger partial charge in [0.2, 0.25) is 0 Å². The number of benzene rings is 2. The van der Waals surface area contributed by atoms with Crippen molar-refractivity contribution in [2.24, 2.45) is 0 Å². The Bertz CT molecular complexity index is 1110. The fourth-order valence-electron chi connectivity index (χ4n) is 3.06. The molecule has 1 unspecified atom stereocenters. The largest absolute Gasteiger partial charge is 0.468 e. The van der Waals surface area contributed by atoms with Crippen LogP contribution in [-0.4, -0.2) is 23.4 Å². The topological polar surface area (TPSA) is 72.5 Å². The van der Waals surface area contributed by atoms with E-state index in [1.165, 1.54) is 12.1 Å². The maximum absolute atomic E-state index is 13.5. The molecular weight excluding hydrogens is 411 g/mol. The van der Waals surface area contributed by atoms with Crippen LogP contribution in [0.1, 0.15) is 21.5 Å². The van der Waals surface area contributed by atoms with Crippen molar-refractivity contribution < 1.29 is 27.4 Å². The molecule has 0 bridgehead atoms. The third kappa shape index (κ3) is 4.40. The lowest BCUT2D eigenvalue weighted by Gasteiger charge is -2.29. The second-order valence-corrected chi connectivity index (χ2v) is 6.92. The molecule has 1 aliphatic rings. The summed E-state index contributed by atoms with van der Waals surface area (Å²) < 4.78 is 49.3. The summed E-state index contributed by atoms with van der Waals surface area (Å²) in [4.78, 5) is 16.9. The van der Waals surface area contributed by atoms with Crippen LogP contribution in [0.3, 0.4) is 0 Å². The number of para-hydroxylation sites is 1. The van der Waals surface area contributed by atoms with Gasteiger partial charge < -0.3 is 20.1 Å². The Kier molecular flexibility index (Phi) is 5.41. The van der Waals surface area contributed by atoms with E-state index in [0.717, 1.165) is 5.56 Å². The molecule has 2 N–H and O–H groups in total. The number of alkyl halides is 3. The number of carbonyl (C=O) groups excluding carboxylic acids is 1. The Morgan fingerprint density at radius 2 is 1.84 bits per heavy atom. The predicted molar refractivity (Wildman–Crippen MR) is 108 cm³/mol. The molecule has 0 spiro atoms. The number of halogens is 3. The van der Waals surface area contributed by atoms with Crippen molar-refractivity contribution in [3.63, 3.8) is 0 Å². The zero-order valence-electron chi connectivity index (χ0n) is 16.4. The van der Waals surface area contributed by atoms with Crippen molar-refractivity contribution in [2.75, 3.05) is 10.6 Å². The molecule has 1 atom stereocenters. The van der Waals surface area contributed by atoms with Gasteiger partial charge in [0.1, 0.15) is 0 Å². The van der Waals surface area contributed by atoms with Crippen molar-refractivity contribution in [2.45, 2.75) is 25.9 Å². The van der Waals surface area contributed by atoms with Gasteiger partial charge in [-0.25, -0.2) is 0 Å². The highest BCUT2D eigenvalue weighted by molar-refractivity contribution is 6.08. The van der Waals surface area contributed by atoms with Crippen molar-refractivity contribution >= 4 is 17.3 Å². The van der Waals surface area contributed by atoms with Crippen molar-refractivity contribution in [3.05, 3.63) is 77.6 Å². The number of anilines is 2. The molecule has 0 saturated carbocycles. The fourth-order valence-corrected chi connectivity index (χ4v) is 3.06. The Morgan fingerprint density at radius 1 is 1.10 bits per heavy atom. The second kappa shape index (κ2) is 8.17. The van der Waals surface area contributed by atoms with Crippen molar-refractivity contribution in [1.29, 1.82) is 0 Å². The molecule has 160 valence electrons. The molecule has 0 radical (unpaired) electrons. The standard InChI is InChI=1S/C22H18F3N3O3/c1-13-10-19-18(30-21(23)22(24,25)31-19)11-17(13)28-20(29)15-4-2-3-5-16(15)27-12-14-6-8-26-9-7-14/h2-11,21,27H,12H2,1H3,(H,28,29). The number of aryl methyl sites for hydroxylation is 1. The van der Waals surface area contributed by atoms with Gasteiger partial charge in [-0.1, -0.05) is 12.1 Å². The van der Waals surface area contributed by atoms with Gasteiger partial charge in [-0.3, -0.25) is 9.78 Å². The summed E-state index contributed by atoms with van der Waals surface area (Å²) in [5, 5.41) is 5.93. The number of carbonyl (C=O) groups is 1. The number of aromatic nitrogens is 1. The summed E-state index contributed by atoms with van der Waals surface area (Å²) in [6, 6.07) is 13.2. The minimum atomic E-state index is -4.08. The SMILES string of the molecule is Cc1cc2c(cc1NC(=O)c1ccccc1NCc1ccncc1)OC(F)C(F)(F)O2. The van der Waals surface area contributed by atoms with Gasteiger partial charge >= 0.3 is 12.5 Å². The zero-order valence-corrected chi connectivity index (χ0v) is 16.4. The molecule has 31 heavy (non-hydrogen) atoms. The van der Waals surface area contributed by atoms with E-state index in [1.54, 1.807) is 43.6 Å². The van der Waals surface area contributed by atoms with Crippen LogP contribution < -0.4 is 20.1 Å². The maximum Gasteiger partial charge on any atom is 0.468 e. The monoisotopic (exact) mass is 429 g/mol. The molecule has 2 aromatic carbocycles. The molecule has 9 heteroatoms. The molecule has 0 saturated heterocycles. The number of hydrogen-bond acceptors (Lipinski definition) is 5. The number of pyridine rings is 1. The third-order valence-corrected chi connectivity index (χ3v) is 4.68. The first-order valence-corrected chi connectivity index (χ1v) is 9.39.